The van der Waals surface area contributed by atoms with Crippen molar-refractivity contribution in [1.29, 1.82) is 0 Å². The summed E-state index contributed by atoms with van der Waals surface area (Å²) in [5, 5.41) is 4.52. The Balaban J connectivity index is 1.73. The Morgan fingerprint density at radius 2 is 2.03 bits per heavy atom. The van der Waals surface area contributed by atoms with Gasteiger partial charge in [-0.1, -0.05) is 52.7 Å². The molecule has 1 amide bonds. The highest BCUT2D eigenvalue weighted by Crippen LogP contribution is 2.62. The lowest BCUT2D eigenvalue weighted by atomic mass is 9.68. The van der Waals surface area contributed by atoms with E-state index in [0.29, 0.717) is 5.92 Å². The van der Waals surface area contributed by atoms with Crippen molar-refractivity contribution in [2.75, 3.05) is 7.11 Å². The van der Waals surface area contributed by atoms with Crippen LogP contribution in [0.15, 0.2) is 18.2 Å². The van der Waals surface area contributed by atoms with Gasteiger partial charge in [0.25, 0.3) is 5.91 Å². The molecule has 2 aliphatic carbocycles. The van der Waals surface area contributed by atoms with Crippen molar-refractivity contribution in [1.82, 2.24) is 9.88 Å². The molecule has 0 radical (unpaired) electrons. The summed E-state index contributed by atoms with van der Waals surface area (Å²) in [6.07, 6.45) is 7.22. The molecule has 0 spiro atoms. The number of aryl methyl sites for hydroxylation is 1. The normalized spacial score (nSPS) is 27.0. The van der Waals surface area contributed by atoms with Crippen molar-refractivity contribution in [3.05, 3.63) is 29.5 Å². The summed E-state index contributed by atoms with van der Waals surface area (Å²) < 4.78 is 7.99. The second-order valence-electron chi connectivity index (χ2n) is 10.5. The van der Waals surface area contributed by atoms with Crippen molar-refractivity contribution in [3.8, 4) is 5.75 Å². The third kappa shape index (κ3) is 3.14. The van der Waals surface area contributed by atoms with E-state index in [1.165, 1.54) is 32.1 Å². The number of methoxy groups -OCH3 is 1. The summed E-state index contributed by atoms with van der Waals surface area (Å²) in [6.45, 7) is 12.3. The number of rotatable bonds is 7. The van der Waals surface area contributed by atoms with Crippen LogP contribution in [0.3, 0.4) is 0 Å². The average molecular weight is 411 g/mol. The SMILES string of the molecule is CCCCCn1c(C)c(C(=O)N[C@@H]2C(C)(C)[C@@H]3CC[C@@]2(C)C3)c2cccc(OC)c21. The largest absolute Gasteiger partial charge is 0.495 e. The van der Waals surface area contributed by atoms with Crippen LogP contribution in [0.25, 0.3) is 10.9 Å². The quantitative estimate of drug-likeness (QED) is 0.561. The van der Waals surface area contributed by atoms with Gasteiger partial charge in [0.1, 0.15) is 5.75 Å². The molecule has 2 saturated carbocycles. The fourth-order valence-electron chi connectivity index (χ4n) is 6.62. The fourth-order valence-corrected chi connectivity index (χ4v) is 6.62. The third-order valence-corrected chi connectivity index (χ3v) is 8.28. The zero-order valence-corrected chi connectivity index (χ0v) is 19.6. The number of carbonyl (C=O) groups excluding carboxylic acids is 1. The summed E-state index contributed by atoms with van der Waals surface area (Å²) in [6, 6.07) is 6.29. The van der Waals surface area contributed by atoms with Crippen molar-refractivity contribution in [2.45, 2.75) is 85.7 Å². The first-order valence-electron chi connectivity index (χ1n) is 11.7. The summed E-state index contributed by atoms with van der Waals surface area (Å²) in [5.41, 5.74) is 3.29. The van der Waals surface area contributed by atoms with Crippen LogP contribution in [0.5, 0.6) is 5.75 Å². The molecular formula is C26H38N2O2. The van der Waals surface area contributed by atoms with Crippen LogP contribution in [-0.2, 0) is 6.54 Å². The first-order valence-corrected chi connectivity index (χ1v) is 11.7. The molecule has 4 nitrogen and oxygen atoms in total. The molecule has 2 aliphatic rings. The van der Waals surface area contributed by atoms with E-state index in [1.54, 1.807) is 7.11 Å². The molecule has 4 heteroatoms. The molecule has 164 valence electrons. The number of hydrogen-bond acceptors (Lipinski definition) is 2. The standard InChI is InChI=1S/C26H38N2O2/c1-7-8-9-15-28-17(2)21(19-11-10-12-20(30-6)22(19)28)23(29)27-24-25(3,4)18-13-14-26(24,5)16-18/h10-12,18,24H,7-9,13-16H2,1-6H3,(H,27,29)/t18-,24-,26+/m1/s1. The van der Waals surface area contributed by atoms with Gasteiger partial charge in [0, 0.05) is 23.7 Å². The van der Waals surface area contributed by atoms with Crippen LogP contribution in [0, 0.1) is 23.7 Å². The Morgan fingerprint density at radius 3 is 2.67 bits per heavy atom. The smallest absolute Gasteiger partial charge is 0.253 e. The van der Waals surface area contributed by atoms with E-state index in [-0.39, 0.29) is 22.8 Å². The van der Waals surface area contributed by atoms with E-state index < -0.39 is 0 Å². The van der Waals surface area contributed by atoms with Gasteiger partial charge in [-0.2, -0.15) is 0 Å². The Kier molecular flexibility index (Phi) is 5.40. The lowest BCUT2D eigenvalue weighted by Crippen LogP contribution is -2.52. The highest BCUT2D eigenvalue weighted by Gasteiger charge is 2.59. The minimum atomic E-state index is 0.0758. The number of carbonyl (C=O) groups is 1. The molecule has 0 saturated heterocycles. The monoisotopic (exact) mass is 410 g/mol. The van der Waals surface area contributed by atoms with Gasteiger partial charge in [0.2, 0.25) is 0 Å². The van der Waals surface area contributed by atoms with Gasteiger partial charge < -0.3 is 14.6 Å². The molecule has 1 heterocycles. The summed E-state index contributed by atoms with van der Waals surface area (Å²) in [5.74, 6) is 1.63. The van der Waals surface area contributed by atoms with Gasteiger partial charge in [0.05, 0.1) is 18.2 Å². The molecule has 2 aromatic rings. The highest BCUT2D eigenvalue weighted by atomic mass is 16.5. The van der Waals surface area contributed by atoms with E-state index in [1.807, 2.05) is 12.1 Å². The minimum absolute atomic E-state index is 0.0758. The second kappa shape index (κ2) is 7.62. The Bertz CT molecular complexity index is 953. The van der Waals surface area contributed by atoms with Crippen molar-refractivity contribution in [3.63, 3.8) is 0 Å². The molecule has 1 aromatic heterocycles. The lowest BCUT2D eigenvalue weighted by molar-refractivity contribution is 0.0738. The molecule has 1 N–H and O–H groups in total. The van der Waals surface area contributed by atoms with Gasteiger partial charge in [-0.05, 0) is 55.4 Å². The number of nitrogens with one attached hydrogen (secondary N) is 1. The number of hydrogen-bond donors (Lipinski definition) is 1. The molecule has 0 aliphatic heterocycles. The first-order chi connectivity index (χ1) is 14.2. The van der Waals surface area contributed by atoms with E-state index in [9.17, 15) is 4.79 Å². The third-order valence-electron chi connectivity index (χ3n) is 8.28. The highest BCUT2D eigenvalue weighted by molar-refractivity contribution is 6.09. The number of unbranched alkanes of at least 4 members (excludes halogenated alkanes) is 2. The number of aromatic nitrogens is 1. The van der Waals surface area contributed by atoms with Gasteiger partial charge in [-0.3, -0.25) is 4.79 Å². The van der Waals surface area contributed by atoms with Crippen LogP contribution in [0.1, 0.15) is 82.3 Å². The first kappa shape index (κ1) is 21.3. The molecule has 3 atom stereocenters. The molecule has 0 unspecified atom stereocenters. The Morgan fingerprint density at radius 1 is 1.27 bits per heavy atom. The number of amides is 1. The summed E-state index contributed by atoms with van der Waals surface area (Å²) >= 11 is 0. The van der Waals surface area contributed by atoms with Crippen molar-refractivity contribution in [2.24, 2.45) is 16.7 Å². The zero-order chi connectivity index (χ0) is 21.7. The van der Waals surface area contributed by atoms with Crippen LogP contribution in [0.2, 0.25) is 0 Å². The molecule has 1 aromatic carbocycles. The fraction of sp³-hybridized carbons (Fsp3) is 0.654. The number of nitrogens with zero attached hydrogens (tertiary/aromatic N) is 1. The van der Waals surface area contributed by atoms with Gasteiger partial charge in [-0.15, -0.1) is 0 Å². The zero-order valence-electron chi connectivity index (χ0n) is 19.6. The van der Waals surface area contributed by atoms with Gasteiger partial charge in [0.15, 0.2) is 0 Å². The molecule has 30 heavy (non-hydrogen) atoms. The molecular weight excluding hydrogens is 372 g/mol. The van der Waals surface area contributed by atoms with Crippen molar-refractivity contribution < 1.29 is 9.53 Å². The van der Waals surface area contributed by atoms with Gasteiger partial charge >= 0.3 is 0 Å². The van der Waals surface area contributed by atoms with Crippen LogP contribution in [-0.4, -0.2) is 23.6 Å². The maximum absolute atomic E-state index is 13.7. The van der Waals surface area contributed by atoms with Gasteiger partial charge in [-0.25, -0.2) is 0 Å². The molecule has 4 rings (SSSR count). The summed E-state index contributed by atoms with van der Waals surface area (Å²) in [7, 11) is 1.71. The van der Waals surface area contributed by atoms with Crippen LogP contribution >= 0.6 is 0 Å². The second-order valence-corrected chi connectivity index (χ2v) is 10.5. The molecule has 2 bridgehead atoms. The van der Waals surface area contributed by atoms with Crippen LogP contribution < -0.4 is 10.1 Å². The number of benzene rings is 1. The van der Waals surface area contributed by atoms with E-state index in [0.717, 1.165) is 40.9 Å². The van der Waals surface area contributed by atoms with Crippen molar-refractivity contribution >= 4 is 16.8 Å². The van der Waals surface area contributed by atoms with Crippen LogP contribution in [0.4, 0.5) is 0 Å². The summed E-state index contributed by atoms with van der Waals surface area (Å²) in [4.78, 5) is 13.7. The number of para-hydroxylation sites is 1. The Hall–Kier alpha value is -1.97. The maximum atomic E-state index is 13.7. The lowest BCUT2D eigenvalue weighted by Gasteiger charge is -2.43. The molecule has 2 fully saturated rings. The topological polar surface area (TPSA) is 43.3 Å². The minimum Gasteiger partial charge on any atom is -0.495 e. The van der Waals surface area contributed by atoms with E-state index in [4.69, 9.17) is 4.74 Å². The van der Waals surface area contributed by atoms with E-state index in [2.05, 4.69) is 50.6 Å². The maximum Gasteiger partial charge on any atom is 0.253 e. The number of ether oxygens (including phenoxy) is 1. The average Bonchev–Trinajstić information content (AvgIpc) is 3.30. The predicted molar refractivity (Wildman–Crippen MR) is 123 cm³/mol. The van der Waals surface area contributed by atoms with E-state index >= 15 is 0 Å². The Labute approximate surface area is 181 Å². The predicted octanol–water partition coefficient (Wildman–Crippen LogP) is 6.09. The number of fused-ring (bicyclic) bond motifs is 3.